The average Bonchev–Trinajstić information content (AvgIpc) is 2.33. The standard InChI is InChI=1S/C14H16BN/c1-16(14-5-3-2-4-6-14)11-12-7-9-13(15)10-8-12/h2-10H,11,15H2,1H3. The summed E-state index contributed by atoms with van der Waals surface area (Å²) in [6.07, 6.45) is 0. The first-order valence-electron chi connectivity index (χ1n) is 5.57. The Bertz CT molecular complexity index is 436. The normalized spacial score (nSPS) is 10.1. The highest BCUT2D eigenvalue weighted by atomic mass is 15.1. The van der Waals surface area contributed by atoms with Gasteiger partial charge in [0.25, 0.3) is 0 Å². The van der Waals surface area contributed by atoms with Crippen molar-refractivity contribution in [1.82, 2.24) is 0 Å². The molecular weight excluding hydrogens is 193 g/mol. The molecule has 2 heteroatoms. The summed E-state index contributed by atoms with van der Waals surface area (Å²) in [5.74, 6) is 0. The number of para-hydroxylation sites is 1. The van der Waals surface area contributed by atoms with E-state index in [4.69, 9.17) is 0 Å². The molecule has 0 heterocycles. The lowest BCUT2D eigenvalue weighted by atomic mass is 9.95. The van der Waals surface area contributed by atoms with Crippen LogP contribution < -0.4 is 10.4 Å². The molecular formula is C14H16BN. The molecule has 0 radical (unpaired) electrons. The molecule has 0 aliphatic carbocycles. The fourth-order valence-corrected chi connectivity index (χ4v) is 1.74. The van der Waals surface area contributed by atoms with E-state index in [1.54, 1.807) is 0 Å². The Labute approximate surface area is 98.1 Å². The van der Waals surface area contributed by atoms with E-state index in [1.165, 1.54) is 16.7 Å². The topological polar surface area (TPSA) is 3.24 Å². The van der Waals surface area contributed by atoms with Gasteiger partial charge in [-0.05, 0) is 17.7 Å². The first-order chi connectivity index (χ1) is 7.75. The second-order valence-corrected chi connectivity index (χ2v) is 4.18. The molecule has 0 saturated heterocycles. The van der Waals surface area contributed by atoms with Crippen LogP contribution in [0.1, 0.15) is 5.56 Å². The van der Waals surface area contributed by atoms with Gasteiger partial charge in [-0.3, -0.25) is 0 Å². The van der Waals surface area contributed by atoms with Crippen molar-refractivity contribution in [2.24, 2.45) is 0 Å². The Kier molecular flexibility index (Phi) is 3.30. The molecule has 0 saturated carbocycles. The number of hydrogen-bond donors (Lipinski definition) is 0. The quantitative estimate of drug-likeness (QED) is 0.693. The van der Waals surface area contributed by atoms with Crippen molar-refractivity contribution in [3.8, 4) is 0 Å². The smallest absolute Gasteiger partial charge is 0.139 e. The summed E-state index contributed by atoms with van der Waals surface area (Å²) in [7, 11) is 4.24. The van der Waals surface area contributed by atoms with Gasteiger partial charge < -0.3 is 4.90 Å². The molecule has 2 aromatic rings. The predicted molar refractivity (Wildman–Crippen MR) is 73.2 cm³/mol. The predicted octanol–water partition coefficient (Wildman–Crippen LogP) is 1.58. The Morgan fingerprint density at radius 1 is 0.938 bits per heavy atom. The molecule has 0 N–H and O–H groups in total. The Hall–Kier alpha value is -1.70. The number of rotatable bonds is 3. The first kappa shape index (κ1) is 10.8. The summed E-state index contributed by atoms with van der Waals surface area (Å²) in [5, 5.41) is 0. The van der Waals surface area contributed by atoms with Crippen LogP contribution in [0, 0.1) is 0 Å². The van der Waals surface area contributed by atoms with Gasteiger partial charge in [-0.2, -0.15) is 0 Å². The van der Waals surface area contributed by atoms with E-state index in [1.807, 2.05) is 6.07 Å². The summed E-state index contributed by atoms with van der Waals surface area (Å²) in [6.45, 7) is 0.949. The third-order valence-electron chi connectivity index (χ3n) is 2.74. The van der Waals surface area contributed by atoms with Gasteiger partial charge >= 0.3 is 0 Å². The highest BCUT2D eigenvalue weighted by Crippen LogP contribution is 2.13. The largest absolute Gasteiger partial charge is 0.370 e. The maximum atomic E-state index is 2.25. The van der Waals surface area contributed by atoms with Crippen molar-refractivity contribution in [3.63, 3.8) is 0 Å². The molecule has 0 amide bonds. The van der Waals surface area contributed by atoms with E-state index in [0.717, 1.165) is 6.54 Å². The second kappa shape index (κ2) is 4.89. The Morgan fingerprint density at radius 2 is 1.56 bits per heavy atom. The van der Waals surface area contributed by atoms with Gasteiger partial charge in [-0.25, -0.2) is 0 Å². The molecule has 0 aromatic heterocycles. The SMILES string of the molecule is Bc1ccc(CN(C)c2ccccc2)cc1. The third-order valence-corrected chi connectivity index (χ3v) is 2.74. The van der Waals surface area contributed by atoms with Crippen LogP contribution in [0.5, 0.6) is 0 Å². The maximum absolute atomic E-state index is 2.25. The minimum atomic E-state index is 0.949. The van der Waals surface area contributed by atoms with Crippen LogP contribution >= 0.6 is 0 Å². The number of hydrogen-bond acceptors (Lipinski definition) is 1. The van der Waals surface area contributed by atoms with Crippen LogP contribution in [0.25, 0.3) is 0 Å². The first-order valence-corrected chi connectivity index (χ1v) is 5.57. The lowest BCUT2D eigenvalue weighted by molar-refractivity contribution is 0.924. The van der Waals surface area contributed by atoms with Crippen molar-refractivity contribution in [2.45, 2.75) is 6.54 Å². The number of nitrogens with zero attached hydrogens (tertiary/aromatic N) is 1. The molecule has 0 unspecified atom stereocenters. The van der Waals surface area contributed by atoms with Crippen molar-refractivity contribution < 1.29 is 0 Å². The van der Waals surface area contributed by atoms with E-state index in [2.05, 4.69) is 68.3 Å². The van der Waals surface area contributed by atoms with Gasteiger partial charge in [0.2, 0.25) is 0 Å². The molecule has 1 nitrogen and oxygen atoms in total. The van der Waals surface area contributed by atoms with Gasteiger partial charge in [0.1, 0.15) is 7.85 Å². The van der Waals surface area contributed by atoms with Crippen molar-refractivity contribution in [3.05, 3.63) is 60.2 Å². The zero-order valence-electron chi connectivity index (χ0n) is 9.85. The van der Waals surface area contributed by atoms with Crippen LogP contribution in [0.4, 0.5) is 5.69 Å². The zero-order valence-corrected chi connectivity index (χ0v) is 9.85. The second-order valence-electron chi connectivity index (χ2n) is 4.18. The molecule has 0 fully saturated rings. The van der Waals surface area contributed by atoms with Crippen LogP contribution in [0.15, 0.2) is 54.6 Å². The summed E-state index contributed by atoms with van der Waals surface area (Å²) in [5.41, 5.74) is 3.91. The molecule has 2 aromatic carbocycles. The molecule has 0 spiro atoms. The summed E-state index contributed by atoms with van der Waals surface area (Å²) >= 11 is 0. The van der Waals surface area contributed by atoms with Crippen molar-refractivity contribution in [1.29, 1.82) is 0 Å². The highest BCUT2D eigenvalue weighted by Gasteiger charge is 2.00. The number of anilines is 1. The van der Waals surface area contributed by atoms with Gasteiger partial charge in [0, 0.05) is 19.3 Å². The fraction of sp³-hybridized carbons (Fsp3) is 0.143. The third kappa shape index (κ3) is 2.66. The Balaban J connectivity index is 2.08. The number of benzene rings is 2. The molecule has 2 rings (SSSR count). The van der Waals surface area contributed by atoms with Crippen LogP contribution in [-0.4, -0.2) is 14.9 Å². The van der Waals surface area contributed by atoms with E-state index in [0.29, 0.717) is 0 Å². The zero-order chi connectivity index (χ0) is 11.4. The molecule has 0 atom stereocenters. The average molecular weight is 209 g/mol. The van der Waals surface area contributed by atoms with Gasteiger partial charge in [0.05, 0.1) is 0 Å². The van der Waals surface area contributed by atoms with Crippen LogP contribution in [0.3, 0.4) is 0 Å². The van der Waals surface area contributed by atoms with E-state index < -0.39 is 0 Å². The van der Waals surface area contributed by atoms with Gasteiger partial charge in [0.15, 0.2) is 0 Å². The summed E-state index contributed by atoms with van der Waals surface area (Å²) in [4.78, 5) is 2.25. The fourth-order valence-electron chi connectivity index (χ4n) is 1.74. The maximum Gasteiger partial charge on any atom is 0.139 e. The van der Waals surface area contributed by atoms with E-state index >= 15 is 0 Å². The molecule has 80 valence electrons. The highest BCUT2D eigenvalue weighted by molar-refractivity contribution is 6.32. The van der Waals surface area contributed by atoms with Gasteiger partial charge in [-0.1, -0.05) is 47.9 Å². The minimum Gasteiger partial charge on any atom is -0.370 e. The summed E-state index contributed by atoms with van der Waals surface area (Å²) in [6, 6.07) is 19.2. The van der Waals surface area contributed by atoms with Crippen LogP contribution in [-0.2, 0) is 6.54 Å². The lowest BCUT2D eigenvalue weighted by Crippen LogP contribution is -2.16. The Morgan fingerprint density at radius 3 is 2.19 bits per heavy atom. The summed E-state index contributed by atoms with van der Waals surface area (Å²) < 4.78 is 0. The van der Waals surface area contributed by atoms with Crippen LogP contribution in [0.2, 0.25) is 0 Å². The monoisotopic (exact) mass is 209 g/mol. The minimum absolute atomic E-state index is 0.949. The van der Waals surface area contributed by atoms with E-state index in [-0.39, 0.29) is 0 Å². The molecule has 0 aliphatic rings. The molecule has 0 aliphatic heterocycles. The molecule has 0 bridgehead atoms. The van der Waals surface area contributed by atoms with Crippen molar-refractivity contribution in [2.75, 3.05) is 11.9 Å². The molecule has 16 heavy (non-hydrogen) atoms. The van der Waals surface area contributed by atoms with Crippen molar-refractivity contribution >= 4 is 19.0 Å². The lowest BCUT2D eigenvalue weighted by Gasteiger charge is -2.19. The van der Waals surface area contributed by atoms with E-state index in [9.17, 15) is 0 Å². The van der Waals surface area contributed by atoms with Gasteiger partial charge in [-0.15, -0.1) is 0 Å².